The third-order valence-corrected chi connectivity index (χ3v) is 6.86. The number of carbonyl (C=O) groups excluding carboxylic acids is 2. The maximum absolute atomic E-state index is 14.2. The van der Waals surface area contributed by atoms with Crippen LogP contribution < -0.4 is 14.8 Å². The van der Waals surface area contributed by atoms with Crippen molar-refractivity contribution < 1.29 is 19.1 Å². The average Bonchev–Trinajstić information content (AvgIpc) is 3.35. The van der Waals surface area contributed by atoms with Gasteiger partial charge in [0, 0.05) is 17.6 Å². The van der Waals surface area contributed by atoms with Crippen LogP contribution in [0.4, 0.5) is 0 Å². The lowest BCUT2D eigenvalue weighted by atomic mass is 9.97. The van der Waals surface area contributed by atoms with Gasteiger partial charge in [-0.25, -0.2) is 4.68 Å². The molecule has 0 spiro atoms. The van der Waals surface area contributed by atoms with Crippen molar-refractivity contribution in [3.05, 3.63) is 83.9 Å². The zero-order valence-corrected chi connectivity index (χ0v) is 23.0. The van der Waals surface area contributed by atoms with E-state index in [-0.39, 0.29) is 24.9 Å². The van der Waals surface area contributed by atoms with Crippen LogP contribution in [0.25, 0.3) is 11.0 Å². The van der Waals surface area contributed by atoms with Gasteiger partial charge < -0.3 is 19.7 Å². The Bertz CT molecular complexity index is 1430. The van der Waals surface area contributed by atoms with Gasteiger partial charge in [0.2, 0.25) is 11.8 Å². The second-order valence-electron chi connectivity index (χ2n) is 9.98. The Kier molecular flexibility index (Phi) is 8.49. The molecule has 2 amide bonds. The van der Waals surface area contributed by atoms with Gasteiger partial charge in [0.15, 0.2) is 0 Å². The van der Waals surface area contributed by atoms with Gasteiger partial charge in [0.25, 0.3) is 0 Å². The summed E-state index contributed by atoms with van der Waals surface area (Å²) in [5.74, 6) is 0.407. The number of fused-ring (bicyclic) bond motifs is 1. The molecular weight excluding hydrogens is 494 g/mol. The minimum atomic E-state index is -1.01. The number of hydrogen-bond acceptors (Lipinski definition) is 6. The number of para-hydroxylation sites is 1. The molecule has 0 saturated carbocycles. The van der Waals surface area contributed by atoms with Crippen molar-refractivity contribution in [2.75, 3.05) is 14.2 Å². The smallest absolute Gasteiger partial charge is 0.248 e. The van der Waals surface area contributed by atoms with Crippen molar-refractivity contribution in [2.45, 2.75) is 51.9 Å². The Balaban J connectivity index is 1.84. The molecule has 1 unspecified atom stereocenters. The molecule has 1 heterocycles. The maximum Gasteiger partial charge on any atom is 0.248 e. The molecule has 0 fully saturated rings. The van der Waals surface area contributed by atoms with E-state index in [0.29, 0.717) is 29.0 Å². The number of ether oxygens (including phenoxy) is 2. The van der Waals surface area contributed by atoms with Crippen LogP contribution in [-0.2, 0) is 22.7 Å². The zero-order valence-electron chi connectivity index (χ0n) is 23.0. The molecule has 1 aromatic heterocycles. The molecule has 39 heavy (non-hydrogen) atoms. The highest BCUT2D eigenvalue weighted by Gasteiger charge is 2.36. The molecule has 4 rings (SSSR count). The second kappa shape index (κ2) is 12.0. The summed E-state index contributed by atoms with van der Waals surface area (Å²) in [5.41, 5.74) is 2.33. The third-order valence-electron chi connectivity index (χ3n) is 6.86. The van der Waals surface area contributed by atoms with E-state index < -0.39 is 11.6 Å². The summed E-state index contributed by atoms with van der Waals surface area (Å²) in [6.07, 6.45) is 0.707. The Morgan fingerprint density at radius 1 is 1.00 bits per heavy atom. The van der Waals surface area contributed by atoms with Crippen molar-refractivity contribution in [1.82, 2.24) is 25.2 Å². The standard InChI is InChI=1S/C30H35N5O4/c1-6-30(2,3)31-29(37)28(23-18-22(38-4)16-17-26(23)39-5)34(19-21-12-8-7-9-13-21)27(36)20-35-25-15-11-10-14-24(25)32-33-35/h7-18,28H,6,19-20H2,1-5H3,(H,31,37). The number of nitrogens with one attached hydrogen (secondary N) is 1. The lowest BCUT2D eigenvalue weighted by Gasteiger charge is -2.35. The first-order chi connectivity index (χ1) is 18.8. The van der Waals surface area contributed by atoms with Gasteiger partial charge in [-0.3, -0.25) is 9.59 Å². The molecule has 0 aliphatic heterocycles. The lowest BCUT2D eigenvalue weighted by Crippen LogP contribution is -2.50. The summed E-state index contributed by atoms with van der Waals surface area (Å²) in [7, 11) is 3.10. The van der Waals surface area contributed by atoms with E-state index in [1.165, 1.54) is 0 Å². The minimum Gasteiger partial charge on any atom is -0.497 e. The number of rotatable bonds is 11. The predicted octanol–water partition coefficient (Wildman–Crippen LogP) is 4.52. The van der Waals surface area contributed by atoms with E-state index in [2.05, 4.69) is 15.6 Å². The number of aromatic nitrogens is 3. The van der Waals surface area contributed by atoms with E-state index in [0.717, 1.165) is 11.1 Å². The fourth-order valence-electron chi connectivity index (χ4n) is 4.35. The largest absolute Gasteiger partial charge is 0.497 e. The summed E-state index contributed by atoms with van der Waals surface area (Å²) in [5, 5.41) is 11.5. The van der Waals surface area contributed by atoms with Crippen LogP contribution in [0, 0.1) is 0 Å². The monoisotopic (exact) mass is 529 g/mol. The number of amides is 2. The topological polar surface area (TPSA) is 98.6 Å². The number of carbonyl (C=O) groups is 2. The number of benzene rings is 3. The van der Waals surface area contributed by atoms with E-state index in [1.807, 2.05) is 75.4 Å². The average molecular weight is 530 g/mol. The normalized spacial score (nSPS) is 12.1. The summed E-state index contributed by atoms with van der Waals surface area (Å²) in [6, 6.07) is 21.3. The first-order valence-electron chi connectivity index (χ1n) is 12.9. The first kappa shape index (κ1) is 27.6. The molecule has 0 bridgehead atoms. The number of nitrogens with zero attached hydrogens (tertiary/aromatic N) is 4. The van der Waals surface area contributed by atoms with Crippen LogP contribution in [0.1, 0.15) is 44.4 Å². The van der Waals surface area contributed by atoms with Crippen molar-refractivity contribution >= 4 is 22.8 Å². The molecule has 9 nitrogen and oxygen atoms in total. The van der Waals surface area contributed by atoms with Gasteiger partial charge in [-0.2, -0.15) is 0 Å². The molecule has 1 atom stereocenters. The quantitative estimate of drug-likeness (QED) is 0.307. The highest BCUT2D eigenvalue weighted by Crippen LogP contribution is 2.35. The van der Waals surface area contributed by atoms with Crippen molar-refractivity contribution in [3.63, 3.8) is 0 Å². The van der Waals surface area contributed by atoms with Crippen LogP contribution in [0.3, 0.4) is 0 Å². The van der Waals surface area contributed by atoms with Gasteiger partial charge in [-0.1, -0.05) is 54.6 Å². The SMILES string of the molecule is CCC(C)(C)NC(=O)C(c1cc(OC)ccc1OC)N(Cc1ccccc1)C(=O)Cn1nnc2ccccc21. The van der Waals surface area contributed by atoms with Gasteiger partial charge in [0.1, 0.15) is 29.6 Å². The Hall–Kier alpha value is -4.40. The highest BCUT2D eigenvalue weighted by atomic mass is 16.5. The van der Waals surface area contributed by atoms with E-state index >= 15 is 0 Å². The minimum absolute atomic E-state index is 0.0966. The van der Waals surface area contributed by atoms with Crippen LogP contribution in [-0.4, -0.2) is 51.5 Å². The van der Waals surface area contributed by atoms with Crippen molar-refractivity contribution in [3.8, 4) is 11.5 Å². The van der Waals surface area contributed by atoms with Crippen LogP contribution >= 0.6 is 0 Å². The summed E-state index contributed by atoms with van der Waals surface area (Å²) < 4.78 is 12.7. The fraction of sp³-hybridized carbons (Fsp3) is 0.333. The fourth-order valence-corrected chi connectivity index (χ4v) is 4.35. The molecule has 204 valence electrons. The van der Waals surface area contributed by atoms with Gasteiger partial charge in [-0.05, 0) is 56.2 Å². The molecule has 0 radical (unpaired) electrons. The van der Waals surface area contributed by atoms with Crippen LogP contribution in [0.15, 0.2) is 72.8 Å². The maximum atomic E-state index is 14.2. The van der Waals surface area contributed by atoms with Crippen molar-refractivity contribution in [1.29, 1.82) is 0 Å². The summed E-state index contributed by atoms with van der Waals surface area (Å²) >= 11 is 0. The Labute approximate surface area is 228 Å². The second-order valence-corrected chi connectivity index (χ2v) is 9.98. The van der Waals surface area contributed by atoms with E-state index in [4.69, 9.17) is 9.47 Å². The molecule has 4 aromatic rings. The molecule has 0 aliphatic carbocycles. The number of methoxy groups -OCH3 is 2. The first-order valence-corrected chi connectivity index (χ1v) is 12.9. The van der Waals surface area contributed by atoms with Crippen LogP contribution in [0.5, 0.6) is 11.5 Å². The lowest BCUT2D eigenvalue weighted by molar-refractivity contribution is -0.143. The van der Waals surface area contributed by atoms with Gasteiger partial charge in [0.05, 0.1) is 19.7 Å². The van der Waals surface area contributed by atoms with Crippen molar-refractivity contribution in [2.24, 2.45) is 0 Å². The molecule has 0 saturated heterocycles. The molecule has 9 heteroatoms. The Morgan fingerprint density at radius 2 is 1.72 bits per heavy atom. The molecule has 1 N–H and O–H groups in total. The van der Waals surface area contributed by atoms with Crippen LogP contribution in [0.2, 0.25) is 0 Å². The molecular formula is C30H35N5O4. The highest BCUT2D eigenvalue weighted by molar-refractivity contribution is 5.90. The summed E-state index contributed by atoms with van der Waals surface area (Å²) in [6.45, 7) is 6.01. The van der Waals surface area contributed by atoms with E-state index in [1.54, 1.807) is 42.0 Å². The van der Waals surface area contributed by atoms with E-state index in [9.17, 15) is 9.59 Å². The molecule has 3 aromatic carbocycles. The van der Waals surface area contributed by atoms with Gasteiger partial charge >= 0.3 is 0 Å². The number of hydrogen-bond donors (Lipinski definition) is 1. The van der Waals surface area contributed by atoms with Gasteiger partial charge in [-0.15, -0.1) is 5.10 Å². The molecule has 0 aliphatic rings. The predicted molar refractivity (Wildman–Crippen MR) is 149 cm³/mol. The third kappa shape index (κ3) is 6.37. The summed E-state index contributed by atoms with van der Waals surface area (Å²) in [4.78, 5) is 29.8. The zero-order chi connectivity index (χ0) is 28.0. The Morgan fingerprint density at radius 3 is 2.41 bits per heavy atom.